The number of primary sulfonamides is 1. The highest BCUT2D eigenvalue weighted by Crippen LogP contribution is 2.17. The van der Waals surface area contributed by atoms with Crippen LogP contribution in [0.1, 0.15) is 18.1 Å². The lowest BCUT2D eigenvalue weighted by atomic mass is 10.1. The van der Waals surface area contributed by atoms with Crippen LogP contribution < -0.4 is 9.88 Å². The quantitative estimate of drug-likeness (QED) is 0.871. The van der Waals surface area contributed by atoms with Crippen LogP contribution in [0, 0.1) is 19.8 Å². The van der Waals surface area contributed by atoms with E-state index in [4.69, 9.17) is 9.88 Å². The number of aryl methyl sites for hydroxylation is 2. The summed E-state index contributed by atoms with van der Waals surface area (Å²) in [5.74, 6) is 0.590. The SMILES string of the molecule is Cc1cc(C)cc(OCC(C)CS(N)(=O)=O)c1. The average molecular weight is 257 g/mol. The summed E-state index contributed by atoms with van der Waals surface area (Å²) in [7, 11) is -3.42. The molecule has 1 aromatic carbocycles. The Morgan fingerprint density at radius 1 is 1.24 bits per heavy atom. The Hall–Kier alpha value is -1.07. The van der Waals surface area contributed by atoms with Crippen molar-refractivity contribution in [1.29, 1.82) is 0 Å². The minimum Gasteiger partial charge on any atom is -0.493 e. The number of benzene rings is 1. The maximum atomic E-state index is 10.9. The van der Waals surface area contributed by atoms with Crippen LogP contribution in [0.5, 0.6) is 5.75 Å². The zero-order chi connectivity index (χ0) is 13.1. The lowest BCUT2D eigenvalue weighted by molar-refractivity contribution is 0.271. The predicted octanol–water partition coefficient (Wildman–Crippen LogP) is 1.61. The Morgan fingerprint density at radius 2 is 1.76 bits per heavy atom. The van der Waals surface area contributed by atoms with E-state index in [0.717, 1.165) is 16.9 Å². The molecule has 17 heavy (non-hydrogen) atoms. The lowest BCUT2D eigenvalue weighted by Crippen LogP contribution is -2.25. The van der Waals surface area contributed by atoms with Crippen LogP contribution in [-0.4, -0.2) is 20.8 Å². The Bertz CT molecular complexity index is 462. The van der Waals surface area contributed by atoms with E-state index >= 15 is 0 Å². The summed E-state index contributed by atoms with van der Waals surface area (Å²) < 4.78 is 27.3. The van der Waals surface area contributed by atoms with Crippen LogP contribution >= 0.6 is 0 Å². The second-order valence-electron chi connectivity index (χ2n) is 4.57. The number of nitrogens with two attached hydrogens (primary N) is 1. The lowest BCUT2D eigenvalue weighted by Gasteiger charge is -2.12. The van der Waals surface area contributed by atoms with Gasteiger partial charge in [-0.1, -0.05) is 13.0 Å². The fourth-order valence-corrected chi connectivity index (χ4v) is 2.59. The summed E-state index contributed by atoms with van der Waals surface area (Å²) in [6.45, 7) is 6.13. The molecular weight excluding hydrogens is 238 g/mol. The second kappa shape index (κ2) is 5.51. The Labute approximate surface area is 103 Å². The number of hydrogen-bond donors (Lipinski definition) is 1. The molecule has 4 nitrogen and oxygen atoms in total. The molecular formula is C12H19NO3S. The summed E-state index contributed by atoms with van der Waals surface area (Å²) >= 11 is 0. The van der Waals surface area contributed by atoms with Gasteiger partial charge in [-0.05, 0) is 37.1 Å². The van der Waals surface area contributed by atoms with Gasteiger partial charge < -0.3 is 4.74 Å². The summed E-state index contributed by atoms with van der Waals surface area (Å²) in [4.78, 5) is 0. The van der Waals surface area contributed by atoms with E-state index in [1.807, 2.05) is 26.0 Å². The third-order valence-electron chi connectivity index (χ3n) is 2.25. The van der Waals surface area contributed by atoms with Gasteiger partial charge in [0, 0.05) is 5.92 Å². The first kappa shape index (κ1) is 14.0. The molecule has 0 amide bonds. The first-order chi connectivity index (χ1) is 7.76. The smallest absolute Gasteiger partial charge is 0.209 e. The highest BCUT2D eigenvalue weighted by atomic mass is 32.2. The zero-order valence-corrected chi connectivity index (χ0v) is 11.3. The fraction of sp³-hybridized carbons (Fsp3) is 0.500. The van der Waals surface area contributed by atoms with Crippen molar-refractivity contribution >= 4 is 10.0 Å². The van der Waals surface area contributed by atoms with E-state index in [-0.39, 0.29) is 11.7 Å². The van der Waals surface area contributed by atoms with Gasteiger partial charge in [0.15, 0.2) is 0 Å². The van der Waals surface area contributed by atoms with E-state index in [1.165, 1.54) is 0 Å². The van der Waals surface area contributed by atoms with Crippen molar-refractivity contribution in [2.45, 2.75) is 20.8 Å². The van der Waals surface area contributed by atoms with E-state index in [0.29, 0.717) is 6.61 Å². The number of ether oxygens (including phenoxy) is 1. The summed E-state index contributed by atoms with van der Waals surface area (Å²) in [6.07, 6.45) is 0. The molecule has 2 N–H and O–H groups in total. The number of sulfonamides is 1. The molecule has 0 aliphatic rings. The molecule has 0 heterocycles. The molecule has 0 saturated heterocycles. The fourth-order valence-electron chi connectivity index (χ4n) is 1.70. The molecule has 1 rings (SSSR count). The van der Waals surface area contributed by atoms with Gasteiger partial charge in [0.1, 0.15) is 5.75 Å². The molecule has 0 aliphatic heterocycles. The molecule has 1 aromatic rings. The van der Waals surface area contributed by atoms with Crippen molar-refractivity contribution in [1.82, 2.24) is 0 Å². The Kier molecular flexibility index (Phi) is 4.54. The molecule has 0 spiro atoms. The molecule has 0 aliphatic carbocycles. The van der Waals surface area contributed by atoms with Gasteiger partial charge in [-0.2, -0.15) is 0 Å². The number of rotatable bonds is 5. The van der Waals surface area contributed by atoms with Crippen molar-refractivity contribution in [2.75, 3.05) is 12.4 Å². The molecule has 1 atom stereocenters. The van der Waals surface area contributed by atoms with Gasteiger partial charge in [-0.25, -0.2) is 13.6 Å². The summed E-state index contributed by atoms with van der Waals surface area (Å²) in [5.41, 5.74) is 2.25. The van der Waals surface area contributed by atoms with Crippen LogP contribution in [-0.2, 0) is 10.0 Å². The molecule has 1 unspecified atom stereocenters. The first-order valence-electron chi connectivity index (χ1n) is 5.48. The van der Waals surface area contributed by atoms with Crippen LogP contribution in [0.15, 0.2) is 18.2 Å². The Balaban J connectivity index is 2.55. The number of hydrogen-bond acceptors (Lipinski definition) is 3. The van der Waals surface area contributed by atoms with Crippen molar-refractivity contribution < 1.29 is 13.2 Å². The van der Waals surface area contributed by atoms with Crippen molar-refractivity contribution in [3.63, 3.8) is 0 Å². The van der Waals surface area contributed by atoms with E-state index < -0.39 is 10.0 Å². The minimum atomic E-state index is -3.42. The van der Waals surface area contributed by atoms with Gasteiger partial charge in [-0.15, -0.1) is 0 Å². The highest BCUT2D eigenvalue weighted by Gasteiger charge is 2.11. The first-order valence-corrected chi connectivity index (χ1v) is 7.19. The zero-order valence-electron chi connectivity index (χ0n) is 10.4. The average Bonchev–Trinajstić information content (AvgIpc) is 2.10. The van der Waals surface area contributed by atoms with E-state index in [9.17, 15) is 8.42 Å². The van der Waals surface area contributed by atoms with Crippen LogP contribution in [0.25, 0.3) is 0 Å². The highest BCUT2D eigenvalue weighted by molar-refractivity contribution is 7.89. The normalized spacial score (nSPS) is 13.4. The maximum absolute atomic E-state index is 10.9. The largest absolute Gasteiger partial charge is 0.493 e. The van der Waals surface area contributed by atoms with Crippen LogP contribution in [0.3, 0.4) is 0 Å². The summed E-state index contributed by atoms with van der Waals surface area (Å²) in [5, 5.41) is 4.97. The molecule has 0 aromatic heterocycles. The van der Waals surface area contributed by atoms with Crippen LogP contribution in [0.4, 0.5) is 0 Å². The predicted molar refractivity (Wildman–Crippen MR) is 68.5 cm³/mol. The van der Waals surface area contributed by atoms with E-state index in [2.05, 4.69) is 6.07 Å². The van der Waals surface area contributed by atoms with Crippen LogP contribution in [0.2, 0.25) is 0 Å². The summed E-state index contributed by atoms with van der Waals surface area (Å²) in [6, 6.07) is 5.91. The minimum absolute atomic E-state index is 0.0577. The molecule has 0 radical (unpaired) electrons. The molecule has 0 bridgehead atoms. The monoisotopic (exact) mass is 257 g/mol. The van der Waals surface area contributed by atoms with Gasteiger partial charge in [0.25, 0.3) is 0 Å². The van der Waals surface area contributed by atoms with Crippen molar-refractivity contribution in [3.05, 3.63) is 29.3 Å². The van der Waals surface area contributed by atoms with Crippen molar-refractivity contribution in [3.8, 4) is 5.75 Å². The van der Waals surface area contributed by atoms with E-state index in [1.54, 1.807) is 6.92 Å². The third-order valence-corrected chi connectivity index (χ3v) is 3.28. The van der Waals surface area contributed by atoms with Crippen molar-refractivity contribution in [2.24, 2.45) is 11.1 Å². The van der Waals surface area contributed by atoms with Gasteiger partial charge >= 0.3 is 0 Å². The van der Waals surface area contributed by atoms with Gasteiger partial charge in [0.05, 0.1) is 12.4 Å². The second-order valence-corrected chi connectivity index (χ2v) is 6.23. The third kappa shape index (κ3) is 5.70. The topological polar surface area (TPSA) is 69.4 Å². The molecule has 0 fully saturated rings. The molecule has 0 saturated carbocycles. The molecule has 96 valence electrons. The van der Waals surface area contributed by atoms with Gasteiger partial charge in [-0.3, -0.25) is 0 Å². The standard InChI is InChI=1S/C12H19NO3S/c1-9-4-10(2)6-12(5-9)16-7-11(3)8-17(13,14)15/h4-6,11H,7-8H2,1-3H3,(H2,13,14,15). The van der Waals surface area contributed by atoms with Gasteiger partial charge in [0.2, 0.25) is 10.0 Å². The maximum Gasteiger partial charge on any atom is 0.209 e. The Morgan fingerprint density at radius 3 is 2.24 bits per heavy atom. The molecule has 5 heteroatoms.